The number of carbonyl (C=O) groups excluding carboxylic acids is 1. The summed E-state index contributed by atoms with van der Waals surface area (Å²) in [6.45, 7) is 4.33. The monoisotopic (exact) mass is 281 g/mol. The normalized spacial score (nSPS) is 10.8. The van der Waals surface area contributed by atoms with Gasteiger partial charge in [0.1, 0.15) is 16.2 Å². The fourth-order valence-corrected chi connectivity index (χ4v) is 3.38. The van der Waals surface area contributed by atoms with E-state index in [1.54, 1.807) is 29.4 Å². The molecule has 0 fully saturated rings. The summed E-state index contributed by atoms with van der Waals surface area (Å²) in [5, 5.41) is 4.91. The van der Waals surface area contributed by atoms with E-state index in [-0.39, 0.29) is 5.91 Å². The van der Waals surface area contributed by atoms with Crippen LogP contribution in [0.5, 0.6) is 0 Å². The SMILES string of the molecule is CCc1cc2c(SCCNC(C)=O)ncnc2s1. The molecular weight excluding hydrogens is 266 g/mol. The highest BCUT2D eigenvalue weighted by atomic mass is 32.2. The molecular formula is C12H15N3OS2. The Morgan fingerprint density at radius 3 is 3.06 bits per heavy atom. The number of rotatable bonds is 5. The predicted molar refractivity (Wildman–Crippen MR) is 76.2 cm³/mol. The van der Waals surface area contributed by atoms with Crippen molar-refractivity contribution in [1.82, 2.24) is 15.3 Å². The Balaban J connectivity index is 2.07. The van der Waals surface area contributed by atoms with Crippen LogP contribution in [0.15, 0.2) is 17.4 Å². The number of thioether (sulfide) groups is 1. The summed E-state index contributed by atoms with van der Waals surface area (Å²) in [5.41, 5.74) is 0. The molecule has 2 heterocycles. The lowest BCUT2D eigenvalue weighted by atomic mass is 10.3. The van der Waals surface area contributed by atoms with Crippen molar-refractivity contribution in [3.63, 3.8) is 0 Å². The molecule has 0 aliphatic carbocycles. The molecule has 0 spiro atoms. The summed E-state index contributed by atoms with van der Waals surface area (Å²) in [4.78, 5) is 21.7. The average molecular weight is 281 g/mol. The number of hydrogen-bond donors (Lipinski definition) is 1. The Morgan fingerprint density at radius 2 is 2.33 bits per heavy atom. The molecule has 2 aromatic heterocycles. The molecule has 4 nitrogen and oxygen atoms in total. The lowest BCUT2D eigenvalue weighted by Gasteiger charge is -2.02. The van der Waals surface area contributed by atoms with Gasteiger partial charge in [-0.3, -0.25) is 4.79 Å². The highest BCUT2D eigenvalue weighted by Crippen LogP contribution is 2.30. The smallest absolute Gasteiger partial charge is 0.216 e. The molecule has 1 N–H and O–H groups in total. The Kier molecular flexibility index (Phi) is 4.54. The van der Waals surface area contributed by atoms with Gasteiger partial charge in [0.05, 0.1) is 0 Å². The van der Waals surface area contributed by atoms with Gasteiger partial charge in [-0.1, -0.05) is 6.92 Å². The first-order valence-electron chi connectivity index (χ1n) is 5.81. The molecule has 0 aliphatic rings. The van der Waals surface area contributed by atoms with Gasteiger partial charge >= 0.3 is 0 Å². The van der Waals surface area contributed by atoms with Gasteiger partial charge in [0.2, 0.25) is 5.91 Å². The third-order valence-corrected chi connectivity index (χ3v) is 4.60. The molecule has 0 saturated heterocycles. The molecule has 96 valence electrons. The van der Waals surface area contributed by atoms with Gasteiger partial charge in [-0.05, 0) is 12.5 Å². The van der Waals surface area contributed by atoms with Crippen LogP contribution in [0.1, 0.15) is 18.7 Å². The van der Waals surface area contributed by atoms with Crippen LogP contribution in [0, 0.1) is 0 Å². The quantitative estimate of drug-likeness (QED) is 0.520. The minimum Gasteiger partial charge on any atom is -0.356 e. The topological polar surface area (TPSA) is 54.9 Å². The predicted octanol–water partition coefficient (Wildman–Crippen LogP) is 2.48. The first kappa shape index (κ1) is 13.3. The van der Waals surface area contributed by atoms with Crippen molar-refractivity contribution in [3.8, 4) is 0 Å². The first-order valence-corrected chi connectivity index (χ1v) is 7.61. The van der Waals surface area contributed by atoms with Gasteiger partial charge in [-0.15, -0.1) is 23.1 Å². The average Bonchev–Trinajstić information content (AvgIpc) is 2.78. The maximum atomic E-state index is 10.8. The molecule has 1 amide bonds. The van der Waals surface area contributed by atoms with Crippen LogP contribution in [0.2, 0.25) is 0 Å². The Bertz CT molecular complexity index is 553. The number of nitrogens with zero attached hydrogens (tertiary/aromatic N) is 2. The number of aromatic nitrogens is 2. The second kappa shape index (κ2) is 6.15. The maximum absolute atomic E-state index is 10.8. The van der Waals surface area contributed by atoms with Crippen LogP contribution < -0.4 is 5.32 Å². The summed E-state index contributed by atoms with van der Waals surface area (Å²) in [7, 11) is 0. The lowest BCUT2D eigenvalue weighted by molar-refractivity contribution is -0.118. The van der Waals surface area contributed by atoms with Gasteiger partial charge in [0, 0.05) is 29.5 Å². The fourth-order valence-electron chi connectivity index (χ4n) is 1.55. The number of aryl methyl sites for hydroxylation is 1. The maximum Gasteiger partial charge on any atom is 0.216 e. The van der Waals surface area contributed by atoms with Crippen molar-refractivity contribution in [3.05, 3.63) is 17.3 Å². The van der Waals surface area contributed by atoms with E-state index in [1.807, 2.05) is 0 Å². The van der Waals surface area contributed by atoms with Crippen LogP contribution in [0.4, 0.5) is 0 Å². The van der Waals surface area contributed by atoms with Crippen molar-refractivity contribution in [1.29, 1.82) is 0 Å². The van der Waals surface area contributed by atoms with Gasteiger partial charge in [-0.2, -0.15) is 0 Å². The van der Waals surface area contributed by atoms with Gasteiger partial charge in [0.15, 0.2) is 0 Å². The first-order chi connectivity index (χ1) is 8.70. The van der Waals surface area contributed by atoms with Crippen LogP contribution in [0.25, 0.3) is 10.2 Å². The zero-order chi connectivity index (χ0) is 13.0. The van der Waals surface area contributed by atoms with E-state index in [1.165, 1.54) is 11.8 Å². The molecule has 0 radical (unpaired) electrons. The summed E-state index contributed by atoms with van der Waals surface area (Å²) in [5.74, 6) is 0.829. The molecule has 0 saturated carbocycles. The number of amides is 1. The van der Waals surface area contributed by atoms with E-state index in [2.05, 4.69) is 28.3 Å². The number of hydrogen-bond acceptors (Lipinski definition) is 5. The standard InChI is InChI=1S/C12H15N3OS2/c1-3-9-6-10-11(14-7-15-12(10)18-9)17-5-4-13-8(2)16/h6-7H,3-5H2,1-2H3,(H,13,16). The zero-order valence-electron chi connectivity index (χ0n) is 10.4. The van der Waals surface area contributed by atoms with Crippen LogP contribution >= 0.6 is 23.1 Å². The van der Waals surface area contributed by atoms with E-state index in [0.29, 0.717) is 6.54 Å². The largest absolute Gasteiger partial charge is 0.356 e. The molecule has 0 bridgehead atoms. The van der Waals surface area contributed by atoms with Gasteiger partial charge < -0.3 is 5.32 Å². The van der Waals surface area contributed by atoms with Gasteiger partial charge in [-0.25, -0.2) is 9.97 Å². The second-order valence-corrected chi connectivity index (χ2v) is 5.99. The highest BCUT2D eigenvalue weighted by molar-refractivity contribution is 7.99. The van der Waals surface area contributed by atoms with Crippen molar-refractivity contribution in [2.75, 3.05) is 12.3 Å². The molecule has 6 heteroatoms. The molecule has 2 rings (SSSR count). The number of nitrogens with one attached hydrogen (secondary N) is 1. The highest BCUT2D eigenvalue weighted by Gasteiger charge is 2.08. The molecule has 0 atom stereocenters. The number of thiophene rings is 1. The molecule has 0 unspecified atom stereocenters. The summed E-state index contributed by atoms with van der Waals surface area (Å²) < 4.78 is 0. The van der Waals surface area contributed by atoms with Crippen LogP contribution in [-0.4, -0.2) is 28.2 Å². The fraction of sp³-hybridized carbons (Fsp3) is 0.417. The summed E-state index contributed by atoms with van der Waals surface area (Å²) in [6, 6.07) is 2.17. The van der Waals surface area contributed by atoms with E-state index in [0.717, 1.165) is 27.4 Å². The van der Waals surface area contributed by atoms with Crippen molar-refractivity contribution >= 4 is 39.2 Å². The minimum absolute atomic E-state index is 0.00670. The lowest BCUT2D eigenvalue weighted by Crippen LogP contribution is -2.22. The van der Waals surface area contributed by atoms with Crippen molar-refractivity contribution in [2.45, 2.75) is 25.3 Å². The van der Waals surface area contributed by atoms with Gasteiger partial charge in [0.25, 0.3) is 0 Å². The van der Waals surface area contributed by atoms with E-state index >= 15 is 0 Å². The van der Waals surface area contributed by atoms with Crippen LogP contribution in [0.3, 0.4) is 0 Å². The third kappa shape index (κ3) is 3.20. The minimum atomic E-state index is 0.00670. The van der Waals surface area contributed by atoms with E-state index in [4.69, 9.17) is 0 Å². The van der Waals surface area contributed by atoms with Crippen molar-refractivity contribution in [2.24, 2.45) is 0 Å². The Hall–Kier alpha value is -1.14. The zero-order valence-corrected chi connectivity index (χ0v) is 12.0. The molecule has 18 heavy (non-hydrogen) atoms. The Labute approximate surface area is 114 Å². The number of fused-ring (bicyclic) bond motifs is 1. The van der Waals surface area contributed by atoms with Crippen molar-refractivity contribution < 1.29 is 4.79 Å². The Morgan fingerprint density at radius 1 is 1.50 bits per heavy atom. The molecule has 0 aliphatic heterocycles. The summed E-state index contributed by atoms with van der Waals surface area (Å²) in [6.07, 6.45) is 2.63. The second-order valence-electron chi connectivity index (χ2n) is 3.80. The van der Waals surface area contributed by atoms with Crippen LogP contribution in [-0.2, 0) is 11.2 Å². The van der Waals surface area contributed by atoms with E-state index in [9.17, 15) is 4.79 Å². The molecule has 0 aromatic carbocycles. The third-order valence-electron chi connectivity index (χ3n) is 2.41. The summed E-state index contributed by atoms with van der Waals surface area (Å²) >= 11 is 3.38. The number of carbonyl (C=O) groups is 1. The molecule has 2 aromatic rings. The van der Waals surface area contributed by atoms with E-state index < -0.39 is 0 Å².